The zero-order valence-corrected chi connectivity index (χ0v) is 11.0. The monoisotopic (exact) mass is 237 g/mol. The van der Waals surface area contributed by atoms with Crippen molar-refractivity contribution in [1.29, 1.82) is 0 Å². The van der Waals surface area contributed by atoms with E-state index in [2.05, 4.69) is 19.5 Å². The first kappa shape index (κ1) is 14.1. The van der Waals surface area contributed by atoms with Crippen LogP contribution in [0.15, 0.2) is 0 Å². The Balaban J connectivity index is 3.36. The topological polar surface area (TPSA) is 54.4 Å². The van der Waals surface area contributed by atoms with Gasteiger partial charge in [0.15, 0.2) is 0 Å². The molecule has 0 saturated heterocycles. The van der Waals surface area contributed by atoms with Crippen molar-refractivity contribution in [3.63, 3.8) is 0 Å². The minimum atomic E-state index is -3.74. The Hall–Kier alpha value is 0.127. The van der Waals surface area contributed by atoms with E-state index >= 15 is 0 Å². The van der Waals surface area contributed by atoms with Crippen LogP contribution in [-0.2, 0) is 10.1 Å². The van der Waals surface area contributed by atoms with Gasteiger partial charge in [-0.3, -0.25) is 4.55 Å². The van der Waals surface area contributed by atoms with E-state index in [0.717, 1.165) is 6.42 Å². The van der Waals surface area contributed by atoms with Crippen molar-refractivity contribution in [3.8, 4) is 0 Å². The van der Waals surface area contributed by atoms with Crippen molar-refractivity contribution in [2.24, 2.45) is 0 Å². The molecule has 1 N–H and O–H groups in total. The predicted molar refractivity (Wildman–Crippen MR) is 62.7 cm³/mol. The molecule has 1 atom stereocenters. The van der Waals surface area contributed by atoms with Gasteiger partial charge < -0.3 is 0 Å². The summed E-state index contributed by atoms with van der Waals surface area (Å²) in [6, 6.07) is 3.59. The summed E-state index contributed by atoms with van der Waals surface area (Å²) in [5, 5.41) is 0. The standard InChI is InChI=1S/C9H21O3SSi/c1-3-4-8-14(2)9-6-5-7-13(10,11)12/h9,14H,3-8H2,1-2H3,(H,10,11,12). The molecule has 0 saturated carbocycles. The SMILES string of the molecule is CCCC[SiH](C)[CH]CCCS(=O)(=O)O. The Labute approximate surface area is 89.3 Å². The first-order valence-corrected chi connectivity index (χ1v) is 9.49. The molecule has 0 heterocycles. The highest BCUT2D eigenvalue weighted by Gasteiger charge is 2.06. The molecular weight excluding hydrogens is 216 g/mol. The van der Waals surface area contributed by atoms with Gasteiger partial charge in [-0.1, -0.05) is 38.8 Å². The smallest absolute Gasteiger partial charge is 0.264 e. The van der Waals surface area contributed by atoms with E-state index in [4.69, 9.17) is 4.55 Å². The van der Waals surface area contributed by atoms with Crippen molar-refractivity contribution in [1.82, 2.24) is 0 Å². The lowest BCUT2D eigenvalue weighted by atomic mass is 10.4. The van der Waals surface area contributed by atoms with Crippen LogP contribution in [-0.4, -0.2) is 27.5 Å². The number of rotatable bonds is 8. The van der Waals surface area contributed by atoms with Gasteiger partial charge in [0.05, 0.1) is 5.75 Å². The Morgan fingerprint density at radius 1 is 1.36 bits per heavy atom. The first-order chi connectivity index (χ1) is 6.45. The van der Waals surface area contributed by atoms with Gasteiger partial charge in [-0.05, 0) is 12.5 Å². The van der Waals surface area contributed by atoms with E-state index in [0.29, 0.717) is 6.42 Å². The fourth-order valence-corrected chi connectivity index (χ4v) is 3.94. The van der Waals surface area contributed by atoms with Crippen LogP contribution < -0.4 is 0 Å². The minimum Gasteiger partial charge on any atom is -0.286 e. The second kappa shape index (κ2) is 7.42. The molecular formula is C9H21O3SSi. The molecule has 1 radical (unpaired) electrons. The summed E-state index contributed by atoms with van der Waals surface area (Å²) in [6.07, 6.45) is 3.90. The highest BCUT2D eigenvalue weighted by Crippen LogP contribution is 2.07. The predicted octanol–water partition coefficient (Wildman–Crippen LogP) is 2.05. The van der Waals surface area contributed by atoms with Crippen LogP contribution in [0, 0.1) is 6.04 Å². The summed E-state index contributed by atoms with van der Waals surface area (Å²) in [7, 11) is -4.45. The third-order valence-corrected chi connectivity index (χ3v) is 5.45. The molecule has 1 unspecified atom stereocenters. The van der Waals surface area contributed by atoms with E-state index in [-0.39, 0.29) is 5.75 Å². The van der Waals surface area contributed by atoms with Crippen molar-refractivity contribution >= 4 is 18.9 Å². The van der Waals surface area contributed by atoms with Crippen molar-refractivity contribution in [2.45, 2.75) is 45.2 Å². The quantitative estimate of drug-likeness (QED) is 0.399. The molecule has 5 heteroatoms. The first-order valence-electron chi connectivity index (χ1n) is 5.24. The van der Waals surface area contributed by atoms with Crippen LogP contribution in [0.5, 0.6) is 0 Å². The molecule has 0 amide bonds. The number of unbranched alkanes of at least 4 members (excludes halogenated alkanes) is 2. The van der Waals surface area contributed by atoms with E-state index in [9.17, 15) is 8.42 Å². The number of hydrogen-bond acceptors (Lipinski definition) is 2. The fourth-order valence-electron chi connectivity index (χ4n) is 1.31. The van der Waals surface area contributed by atoms with Crippen LogP contribution >= 0.6 is 0 Å². The van der Waals surface area contributed by atoms with E-state index in [1.54, 1.807) is 0 Å². The van der Waals surface area contributed by atoms with Crippen LogP contribution in [0.2, 0.25) is 12.6 Å². The average Bonchev–Trinajstić information content (AvgIpc) is 2.07. The normalized spacial score (nSPS) is 14.2. The largest absolute Gasteiger partial charge is 0.286 e. The summed E-state index contributed by atoms with van der Waals surface area (Å²) in [4.78, 5) is 0. The Morgan fingerprint density at radius 3 is 2.50 bits per heavy atom. The zero-order valence-electron chi connectivity index (χ0n) is 9.07. The van der Waals surface area contributed by atoms with Gasteiger partial charge in [-0.2, -0.15) is 8.42 Å². The molecule has 0 aliphatic heterocycles. The third kappa shape index (κ3) is 10.2. The lowest BCUT2D eigenvalue weighted by Crippen LogP contribution is -2.10. The van der Waals surface area contributed by atoms with Crippen molar-refractivity contribution in [3.05, 3.63) is 6.04 Å². The lowest BCUT2D eigenvalue weighted by Gasteiger charge is -2.07. The lowest BCUT2D eigenvalue weighted by molar-refractivity contribution is 0.481. The molecule has 0 aromatic carbocycles. The maximum Gasteiger partial charge on any atom is 0.264 e. The molecule has 0 rings (SSSR count). The van der Waals surface area contributed by atoms with Crippen LogP contribution in [0.3, 0.4) is 0 Å². The summed E-state index contributed by atoms with van der Waals surface area (Å²) in [5.41, 5.74) is 0. The molecule has 3 nitrogen and oxygen atoms in total. The summed E-state index contributed by atoms with van der Waals surface area (Å²) in [6.45, 7) is 4.46. The second-order valence-corrected chi connectivity index (χ2v) is 8.36. The molecule has 0 aliphatic rings. The highest BCUT2D eigenvalue weighted by molar-refractivity contribution is 7.85. The Kier molecular flexibility index (Phi) is 7.49. The summed E-state index contributed by atoms with van der Waals surface area (Å²) >= 11 is 0. The van der Waals surface area contributed by atoms with Crippen LogP contribution in [0.25, 0.3) is 0 Å². The average molecular weight is 237 g/mol. The van der Waals surface area contributed by atoms with E-state index in [1.807, 2.05) is 0 Å². The Morgan fingerprint density at radius 2 is 2.00 bits per heavy atom. The van der Waals surface area contributed by atoms with E-state index in [1.165, 1.54) is 18.9 Å². The minimum absolute atomic E-state index is 0.0988. The van der Waals surface area contributed by atoms with Gasteiger partial charge in [-0.15, -0.1) is 0 Å². The van der Waals surface area contributed by atoms with E-state index < -0.39 is 18.9 Å². The molecule has 0 bridgehead atoms. The zero-order chi connectivity index (χ0) is 11.0. The second-order valence-electron chi connectivity index (χ2n) is 3.78. The summed E-state index contributed by atoms with van der Waals surface area (Å²) in [5.74, 6) is -0.0988. The molecule has 0 spiro atoms. The molecule has 85 valence electrons. The summed E-state index contributed by atoms with van der Waals surface area (Å²) < 4.78 is 29.3. The van der Waals surface area contributed by atoms with Gasteiger partial charge in [-0.25, -0.2) is 0 Å². The fraction of sp³-hybridized carbons (Fsp3) is 0.889. The molecule has 14 heavy (non-hydrogen) atoms. The molecule has 0 aromatic rings. The molecule has 0 aliphatic carbocycles. The maximum absolute atomic E-state index is 10.4. The van der Waals surface area contributed by atoms with Crippen LogP contribution in [0.1, 0.15) is 32.6 Å². The van der Waals surface area contributed by atoms with Crippen LogP contribution in [0.4, 0.5) is 0 Å². The number of hydrogen-bond donors (Lipinski definition) is 1. The third-order valence-electron chi connectivity index (χ3n) is 2.19. The van der Waals surface area contributed by atoms with Gasteiger partial charge in [0.2, 0.25) is 0 Å². The van der Waals surface area contributed by atoms with Gasteiger partial charge in [0.1, 0.15) is 0 Å². The molecule has 0 fully saturated rings. The van der Waals surface area contributed by atoms with Crippen molar-refractivity contribution < 1.29 is 13.0 Å². The van der Waals surface area contributed by atoms with Gasteiger partial charge >= 0.3 is 0 Å². The van der Waals surface area contributed by atoms with Crippen molar-refractivity contribution in [2.75, 3.05) is 5.75 Å². The van der Waals surface area contributed by atoms with Gasteiger partial charge in [0.25, 0.3) is 10.1 Å². The Bertz CT molecular complexity index is 226. The van der Waals surface area contributed by atoms with Gasteiger partial charge in [0, 0.05) is 8.80 Å². The molecule has 0 aromatic heterocycles. The highest BCUT2D eigenvalue weighted by atomic mass is 32.2. The maximum atomic E-state index is 10.4.